The average Bonchev–Trinajstić information content (AvgIpc) is 2.62. The molecule has 1 saturated heterocycles. The fourth-order valence-corrected chi connectivity index (χ4v) is 3.52. The number of carbonyl (C=O) groups excluding carboxylic acids is 2. The van der Waals surface area contributed by atoms with Gasteiger partial charge in [0, 0.05) is 35.7 Å². The van der Waals surface area contributed by atoms with Gasteiger partial charge in [-0.25, -0.2) is 13.9 Å². The smallest absolute Gasteiger partial charge is 0.267 e. The van der Waals surface area contributed by atoms with E-state index in [4.69, 9.17) is 10.9 Å². The fourth-order valence-electron chi connectivity index (χ4n) is 2.62. The van der Waals surface area contributed by atoms with Crippen LogP contribution in [0.5, 0.6) is 0 Å². The summed E-state index contributed by atoms with van der Waals surface area (Å²) in [6, 6.07) is 5.22. The molecule has 0 saturated carbocycles. The average molecular weight is 433 g/mol. The second-order valence-corrected chi connectivity index (χ2v) is 9.56. The van der Waals surface area contributed by atoms with Gasteiger partial charge in [-0.3, -0.25) is 14.8 Å². The minimum atomic E-state index is -3.15. The van der Waals surface area contributed by atoms with E-state index in [2.05, 4.69) is 29.0 Å². The zero-order chi connectivity index (χ0) is 22.5. The van der Waals surface area contributed by atoms with Crippen LogP contribution in [0.2, 0.25) is 0 Å². The summed E-state index contributed by atoms with van der Waals surface area (Å²) in [7, 11) is -3.15. The largest absolute Gasteiger partial charge is 0.338 e. The molecule has 1 aromatic rings. The van der Waals surface area contributed by atoms with Gasteiger partial charge in [0.25, 0.3) is 11.8 Å². The molecule has 5 N–H and O–H groups in total. The van der Waals surface area contributed by atoms with Crippen molar-refractivity contribution in [2.45, 2.75) is 25.4 Å². The van der Waals surface area contributed by atoms with Gasteiger partial charge in [0.2, 0.25) is 10.0 Å². The molecule has 160 valence electrons. The van der Waals surface area contributed by atoms with Crippen LogP contribution in [0.4, 0.5) is 0 Å². The number of nitrogens with two attached hydrogens (primary N) is 1. The van der Waals surface area contributed by atoms with E-state index < -0.39 is 33.4 Å². The molecule has 1 aromatic carbocycles. The third-order valence-electron chi connectivity index (χ3n) is 4.40. The van der Waals surface area contributed by atoms with Crippen molar-refractivity contribution in [3.05, 3.63) is 35.4 Å². The van der Waals surface area contributed by atoms with Crippen LogP contribution in [0.25, 0.3) is 0 Å². The molecule has 1 aliphatic rings. The summed E-state index contributed by atoms with van der Waals surface area (Å²) in [5.41, 5.74) is 7.22. The molecule has 2 rings (SSSR count). The Balaban J connectivity index is 1.96. The fraction of sp³-hybridized carbons (Fsp3) is 0.400. The lowest BCUT2D eigenvalue weighted by molar-refractivity contribution is -0.132. The number of rotatable bonds is 5. The molecule has 30 heavy (non-hydrogen) atoms. The normalized spacial score (nSPS) is 15.5. The molecule has 0 radical (unpaired) electrons. The van der Waals surface area contributed by atoms with E-state index >= 15 is 0 Å². The van der Waals surface area contributed by atoms with Crippen LogP contribution in [0.3, 0.4) is 0 Å². The quantitative estimate of drug-likeness (QED) is 0.275. The minimum Gasteiger partial charge on any atom is -0.338 e. The van der Waals surface area contributed by atoms with Crippen LogP contribution in [0.15, 0.2) is 24.3 Å². The van der Waals surface area contributed by atoms with E-state index in [1.807, 2.05) is 0 Å². The van der Waals surface area contributed by atoms with E-state index in [0.717, 1.165) is 0 Å². The van der Waals surface area contributed by atoms with Crippen LogP contribution in [0, 0.1) is 29.6 Å². The topological polar surface area (TPSA) is 142 Å². The van der Waals surface area contributed by atoms with E-state index in [1.165, 1.54) is 16.0 Å². The van der Waals surface area contributed by atoms with Crippen molar-refractivity contribution < 1.29 is 23.2 Å². The molecular formula is C20H24N4O5S. The van der Waals surface area contributed by atoms with Crippen LogP contribution in [0.1, 0.15) is 29.8 Å². The molecule has 0 spiro atoms. The summed E-state index contributed by atoms with van der Waals surface area (Å²) in [5.74, 6) is 9.81. The molecule has 10 heteroatoms. The van der Waals surface area contributed by atoms with Gasteiger partial charge in [-0.2, -0.15) is 4.31 Å². The number of amides is 2. The lowest BCUT2D eigenvalue weighted by Crippen LogP contribution is -2.61. The predicted molar refractivity (Wildman–Crippen MR) is 110 cm³/mol. The summed E-state index contributed by atoms with van der Waals surface area (Å²) >= 11 is 0. The standard InChI is InChI=1S/C20H24N4O5S/c1-20(2,21)17(19(26)23-27)22-18(25)16-10-8-14(9-11-16)6-4-5-7-15-12-24(13-15)30(3,28)29/h8-11,15,17,27H,12-13,21H2,1-3H3,(H,22,25)(H,23,26)/t17-/m1/s1. The maximum absolute atomic E-state index is 12.4. The second-order valence-electron chi connectivity index (χ2n) is 7.58. The number of nitrogens with one attached hydrogen (secondary N) is 2. The Morgan fingerprint density at radius 3 is 2.33 bits per heavy atom. The highest BCUT2D eigenvalue weighted by Crippen LogP contribution is 2.17. The molecule has 1 heterocycles. The number of benzene rings is 1. The number of hydrogen-bond acceptors (Lipinski definition) is 6. The highest BCUT2D eigenvalue weighted by Gasteiger charge is 2.33. The SMILES string of the molecule is CC(C)(N)[C@H](NC(=O)c1ccc(C#CC#CC2CN(S(C)(=O)=O)C2)cc1)C(=O)NO. The summed E-state index contributed by atoms with van der Waals surface area (Å²) in [6.07, 6.45) is 1.17. The van der Waals surface area contributed by atoms with Crippen molar-refractivity contribution >= 4 is 21.8 Å². The van der Waals surface area contributed by atoms with Gasteiger partial charge >= 0.3 is 0 Å². The molecule has 0 bridgehead atoms. The van der Waals surface area contributed by atoms with E-state index in [-0.39, 0.29) is 5.92 Å². The molecule has 1 atom stereocenters. The molecule has 9 nitrogen and oxygen atoms in total. The maximum atomic E-state index is 12.4. The van der Waals surface area contributed by atoms with Crippen LogP contribution < -0.4 is 16.5 Å². The van der Waals surface area contributed by atoms with Crippen molar-refractivity contribution in [3.8, 4) is 23.7 Å². The third kappa shape index (κ3) is 6.31. The van der Waals surface area contributed by atoms with E-state index in [1.54, 1.807) is 38.1 Å². The van der Waals surface area contributed by atoms with E-state index in [0.29, 0.717) is 24.2 Å². The Kier molecular flexibility index (Phi) is 7.24. The lowest BCUT2D eigenvalue weighted by Gasteiger charge is -2.33. The molecular weight excluding hydrogens is 408 g/mol. The first kappa shape index (κ1) is 23.4. The van der Waals surface area contributed by atoms with E-state index in [9.17, 15) is 18.0 Å². The van der Waals surface area contributed by atoms with Gasteiger partial charge in [-0.05, 0) is 50.0 Å². The maximum Gasteiger partial charge on any atom is 0.267 e. The van der Waals surface area contributed by atoms with Gasteiger partial charge in [-0.15, -0.1) is 0 Å². The molecule has 0 unspecified atom stereocenters. The summed E-state index contributed by atoms with van der Waals surface area (Å²) < 4.78 is 23.9. The summed E-state index contributed by atoms with van der Waals surface area (Å²) in [5, 5.41) is 11.3. The molecule has 0 aliphatic carbocycles. The Morgan fingerprint density at radius 2 is 1.83 bits per heavy atom. The van der Waals surface area contributed by atoms with Crippen LogP contribution in [-0.4, -0.2) is 60.7 Å². The third-order valence-corrected chi connectivity index (χ3v) is 5.64. The van der Waals surface area contributed by atoms with Gasteiger partial charge < -0.3 is 11.1 Å². The Labute approximate surface area is 176 Å². The first-order chi connectivity index (χ1) is 13.9. The number of nitrogens with zero attached hydrogens (tertiary/aromatic N) is 1. The highest BCUT2D eigenvalue weighted by atomic mass is 32.2. The van der Waals surface area contributed by atoms with Crippen molar-refractivity contribution in [2.75, 3.05) is 19.3 Å². The van der Waals surface area contributed by atoms with Crippen molar-refractivity contribution in [3.63, 3.8) is 0 Å². The Hall–Kier alpha value is -2.89. The monoisotopic (exact) mass is 432 g/mol. The highest BCUT2D eigenvalue weighted by molar-refractivity contribution is 7.88. The first-order valence-electron chi connectivity index (χ1n) is 9.02. The summed E-state index contributed by atoms with van der Waals surface area (Å²) in [4.78, 5) is 24.1. The van der Waals surface area contributed by atoms with Crippen molar-refractivity contribution in [2.24, 2.45) is 11.7 Å². The van der Waals surface area contributed by atoms with Gasteiger partial charge in [0.05, 0.1) is 6.26 Å². The first-order valence-corrected chi connectivity index (χ1v) is 10.9. The Morgan fingerprint density at radius 1 is 1.23 bits per heavy atom. The predicted octanol–water partition coefficient (Wildman–Crippen LogP) is -0.726. The molecule has 0 aromatic heterocycles. The lowest BCUT2D eigenvalue weighted by atomic mass is 9.95. The number of carbonyl (C=O) groups is 2. The minimum absolute atomic E-state index is 0.0176. The zero-order valence-electron chi connectivity index (χ0n) is 16.9. The van der Waals surface area contributed by atoms with Crippen LogP contribution >= 0.6 is 0 Å². The van der Waals surface area contributed by atoms with Crippen LogP contribution in [-0.2, 0) is 14.8 Å². The van der Waals surface area contributed by atoms with Gasteiger partial charge in [-0.1, -0.05) is 11.8 Å². The molecule has 1 fully saturated rings. The Bertz CT molecular complexity index is 1030. The zero-order valence-corrected chi connectivity index (χ0v) is 17.7. The number of hydrogen-bond donors (Lipinski definition) is 4. The van der Waals surface area contributed by atoms with Crippen molar-refractivity contribution in [1.82, 2.24) is 15.1 Å². The summed E-state index contributed by atoms with van der Waals surface area (Å²) in [6.45, 7) is 3.86. The number of sulfonamides is 1. The number of hydroxylamine groups is 1. The second kappa shape index (κ2) is 9.28. The van der Waals surface area contributed by atoms with Gasteiger partial charge in [0.1, 0.15) is 6.04 Å². The van der Waals surface area contributed by atoms with Gasteiger partial charge in [0.15, 0.2) is 0 Å². The van der Waals surface area contributed by atoms with Crippen molar-refractivity contribution in [1.29, 1.82) is 0 Å². The molecule has 1 aliphatic heterocycles. The molecule has 2 amide bonds.